The molecule has 0 saturated heterocycles. The maximum absolute atomic E-state index is 6.27. The number of fused-ring (bicyclic) bond motifs is 3. The zero-order valence-electron chi connectivity index (χ0n) is 16.1. The molecule has 148 valence electrons. The molecule has 0 aliphatic heterocycles. The lowest BCUT2D eigenvalue weighted by Gasteiger charge is -2.10. The first-order valence-electron chi connectivity index (χ1n) is 9.50. The van der Waals surface area contributed by atoms with Crippen LogP contribution in [0.5, 0.6) is 5.88 Å². The van der Waals surface area contributed by atoms with Crippen LogP contribution in [0.2, 0.25) is 10.0 Å². The Balaban J connectivity index is 1.69. The fourth-order valence-corrected chi connectivity index (χ4v) is 3.80. The summed E-state index contributed by atoms with van der Waals surface area (Å²) in [6.45, 7) is 2.45. The van der Waals surface area contributed by atoms with Crippen molar-refractivity contribution in [1.29, 1.82) is 0 Å². The average molecular weight is 434 g/mol. The van der Waals surface area contributed by atoms with Gasteiger partial charge in [0.25, 0.3) is 0 Å². The van der Waals surface area contributed by atoms with Crippen molar-refractivity contribution in [3.63, 3.8) is 0 Å². The van der Waals surface area contributed by atoms with Crippen LogP contribution in [-0.2, 0) is 6.61 Å². The number of ether oxygens (including phenoxy) is 1. The Morgan fingerprint density at radius 1 is 0.900 bits per heavy atom. The summed E-state index contributed by atoms with van der Waals surface area (Å²) in [6, 6.07) is 21.2. The Labute approximate surface area is 183 Å². The highest BCUT2D eigenvalue weighted by Crippen LogP contribution is 2.34. The largest absolute Gasteiger partial charge is 0.472 e. The van der Waals surface area contributed by atoms with E-state index < -0.39 is 0 Å². The zero-order chi connectivity index (χ0) is 20.7. The lowest BCUT2D eigenvalue weighted by Crippen LogP contribution is -2.03. The first-order chi connectivity index (χ1) is 14.6. The van der Waals surface area contributed by atoms with E-state index in [9.17, 15) is 0 Å². The Hall–Kier alpha value is -3.08. The fourth-order valence-electron chi connectivity index (χ4n) is 3.55. The van der Waals surface area contributed by atoms with Crippen molar-refractivity contribution in [3.05, 3.63) is 94.1 Å². The molecule has 4 nitrogen and oxygen atoms in total. The quantitative estimate of drug-likeness (QED) is 0.314. The van der Waals surface area contributed by atoms with Gasteiger partial charge in [-0.25, -0.2) is 0 Å². The van der Waals surface area contributed by atoms with E-state index in [0.29, 0.717) is 22.5 Å². The second kappa shape index (κ2) is 7.63. The Kier molecular flexibility index (Phi) is 4.81. The van der Waals surface area contributed by atoms with E-state index in [0.717, 1.165) is 38.6 Å². The molecule has 0 atom stereocenters. The molecule has 5 aromatic rings. The predicted octanol–water partition coefficient (Wildman–Crippen LogP) is 6.77. The molecule has 0 aliphatic carbocycles. The van der Waals surface area contributed by atoms with Gasteiger partial charge in [0.2, 0.25) is 5.88 Å². The third-order valence-electron chi connectivity index (χ3n) is 5.06. The first kappa shape index (κ1) is 18.9. The molecule has 0 radical (unpaired) electrons. The standard InChI is InChI=1S/C24H17Cl2N3O/c1-15-3-2-4-21-22(15)23-20(13-27-21)24(30-14-16-5-7-17(25)8-6-16)29(28-23)19-11-9-18(26)10-12-19/h2-13H,14H2,1H3. The van der Waals surface area contributed by atoms with Gasteiger partial charge in [-0.15, -0.1) is 0 Å². The number of hydrogen-bond donors (Lipinski definition) is 0. The minimum Gasteiger partial charge on any atom is -0.472 e. The zero-order valence-corrected chi connectivity index (χ0v) is 17.7. The van der Waals surface area contributed by atoms with Crippen molar-refractivity contribution in [2.75, 3.05) is 0 Å². The SMILES string of the molecule is Cc1cccc2ncc3c(OCc4ccc(Cl)cc4)n(-c4ccc(Cl)cc4)nc3c12. The van der Waals surface area contributed by atoms with E-state index >= 15 is 0 Å². The van der Waals surface area contributed by atoms with Gasteiger partial charge in [-0.3, -0.25) is 4.98 Å². The number of rotatable bonds is 4. The highest BCUT2D eigenvalue weighted by atomic mass is 35.5. The van der Waals surface area contributed by atoms with Gasteiger partial charge in [-0.2, -0.15) is 9.78 Å². The first-order valence-corrected chi connectivity index (χ1v) is 10.3. The van der Waals surface area contributed by atoms with Crippen molar-refractivity contribution in [2.45, 2.75) is 13.5 Å². The molecule has 0 N–H and O–H groups in total. The summed E-state index contributed by atoms with van der Waals surface area (Å²) in [6.07, 6.45) is 1.83. The Bertz CT molecular complexity index is 1360. The monoisotopic (exact) mass is 433 g/mol. The number of halogens is 2. The molecule has 30 heavy (non-hydrogen) atoms. The molecule has 6 heteroatoms. The lowest BCUT2D eigenvalue weighted by molar-refractivity contribution is 0.288. The third kappa shape index (κ3) is 3.38. The van der Waals surface area contributed by atoms with Crippen LogP contribution in [0.4, 0.5) is 0 Å². The molecule has 0 amide bonds. The molecular weight excluding hydrogens is 417 g/mol. The number of benzene rings is 3. The minimum absolute atomic E-state index is 0.386. The second-order valence-electron chi connectivity index (χ2n) is 7.10. The maximum Gasteiger partial charge on any atom is 0.226 e. The number of pyridine rings is 1. The normalized spacial score (nSPS) is 11.3. The van der Waals surface area contributed by atoms with Crippen molar-refractivity contribution in [1.82, 2.24) is 14.8 Å². The van der Waals surface area contributed by atoms with Crippen LogP contribution in [0.25, 0.3) is 27.5 Å². The van der Waals surface area contributed by atoms with Crippen molar-refractivity contribution in [3.8, 4) is 11.6 Å². The third-order valence-corrected chi connectivity index (χ3v) is 5.56. The Morgan fingerprint density at radius 2 is 1.60 bits per heavy atom. The summed E-state index contributed by atoms with van der Waals surface area (Å²) >= 11 is 12.1. The van der Waals surface area contributed by atoms with E-state index in [1.165, 1.54) is 0 Å². The Morgan fingerprint density at radius 3 is 2.33 bits per heavy atom. The molecule has 5 rings (SSSR count). The number of nitrogens with zero attached hydrogens (tertiary/aromatic N) is 3. The van der Waals surface area contributed by atoms with Gasteiger partial charge < -0.3 is 4.74 Å². The highest BCUT2D eigenvalue weighted by Gasteiger charge is 2.18. The van der Waals surface area contributed by atoms with E-state index in [2.05, 4.69) is 18.0 Å². The van der Waals surface area contributed by atoms with Crippen LogP contribution in [0.15, 0.2) is 72.9 Å². The molecule has 0 unspecified atom stereocenters. The summed E-state index contributed by atoms with van der Waals surface area (Å²) in [7, 11) is 0. The maximum atomic E-state index is 6.27. The molecule has 0 spiro atoms. The molecule has 3 aromatic carbocycles. The van der Waals surface area contributed by atoms with Crippen molar-refractivity contribution >= 4 is 45.0 Å². The average Bonchev–Trinajstić information content (AvgIpc) is 3.12. The highest BCUT2D eigenvalue weighted by molar-refractivity contribution is 6.30. The number of hydrogen-bond acceptors (Lipinski definition) is 3. The molecule has 0 saturated carbocycles. The summed E-state index contributed by atoms with van der Waals surface area (Å²) in [4.78, 5) is 4.65. The predicted molar refractivity (Wildman–Crippen MR) is 122 cm³/mol. The summed E-state index contributed by atoms with van der Waals surface area (Å²) in [5, 5.41) is 8.17. The topological polar surface area (TPSA) is 39.9 Å². The molecule has 0 aliphatic rings. The van der Waals surface area contributed by atoms with Gasteiger partial charge >= 0.3 is 0 Å². The number of aromatic nitrogens is 3. The summed E-state index contributed by atoms with van der Waals surface area (Å²) in [5.74, 6) is 0.639. The van der Waals surface area contributed by atoms with Gasteiger partial charge in [0.05, 0.1) is 16.6 Å². The van der Waals surface area contributed by atoms with Crippen LogP contribution in [0.3, 0.4) is 0 Å². The van der Waals surface area contributed by atoms with E-state index in [1.807, 2.05) is 71.5 Å². The fraction of sp³-hybridized carbons (Fsp3) is 0.0833. The molecule has 0 bridgehead atoms. The molecule has 0 fully saturated rings. The van der Waals surface area contributed by atoms with Crippen LogP contribution in [0.1, 0.15) is 11.1 Å². The summed E-state index contributed by atoms with van der Waals surface area (Å²) < 4.78 is 8.08. The smallest absolute Gasteiger partial charge is 0.226 e. The van der Waals surface area contributed by atoms with Crippen molar-refractivity contribution < 1.29 is 4.74 Å². The van der Waals surface area contributed by atoms with Crippen LogP contribution in [0, 0.1) is 6.92 Å². The molecule has 2 aromatic heterocycles. The van der Waals surface area contributed by atoms with Crippen LogP contribution in [-0.4, -0.2) is 14.8 Å². The second-order valence-corrected chi connectivity index (χ2v) is 7.97. The minimum atomic E-state index is 0.386. The van der Waals surface area contributed by atoms with Crippen molar-refractivity contribution in [2.24, 2.45) is 0 Å². The van der Waals surface area contributed by atoms with Crippen LogP contribution < -0.4 is 4.74 Å². The van der Waals surface area contributed by atoms with E-state index in [-0.39, 0.29) is 0 Å². The summed E-state index contributed by atoms with van der Waals surface area (Å²) in [5.41, 5.74) is 4.77. The van der Waals surface area contributed by atoms with Gasteiger partial charge in [0, 0.05) is 21.6 Å². The van der Waals surface area contributed by atoms with Gasteiger partial charge in [0.1, 0.15) is 12.1 Å². The van der Waals surface area contributed by atoms with Gasteiger partial charge in [-0.1, -0.05) is 47.5 Å². The molecule has 2 heterocycles. The van der Waals surface area contributed by atoms with Gasteiger partial charge in [0.15, 0.2) is 0 Å². The van der Waals surface area contributed by atoms with E-state index in [1.54, 1.807) is 0 Å². The lowest BCUT2D eigenvalue weighted by atomic mass is 10.1. The number of aryl methyl sites for hydroxylation is 1. The van der Waals surface area contributed by atoms with Crippen LogP contribution >= 0.6 is 23.2 Å². The van der Waals surface area contributed by atoms with Gasteiger partial charge in [-0.05, 0) is 60.5 Å². The molecular formula is C24H17Cl2N3O. The van der Waals surface area contributed by atoms with E-state index in [4.69, 9.17) is 33.0 Å².